The van der Waals surface area contributed by atoms with Gasteiger partial charge in [-0.3, -0.25) is 4.79 Å². The minimum absolute atomic E-state index is 0.133. The highest BCUT2D eigenvalue weighted by Crippen LogP contribution is 2.26. The SMILES string of the molecule is COCCCNC(=O)[C@@H](C)Oc1cc(C)c(Cl)c(C)c1. The molecule has 1 amide bonds. The first kappa shape index (κ1) is 16.8. The van der Waals surface area contributed by atoms with Crippen molar-refractivity contribution in [2.24, 2.45) is 0 Å². The minimum atomic E-state index is -0.544. The molecule has 0 fully saturated rings. The lowest BCUT2D eigenvalue weighted by molar-refractivity contribution is -0.127. The second-order valence-corrected chi connectivity index (χ2v) is 5.15. The summed E-state index contributed by atoms with van der Waals surface area (Å²) >= 11 is 6.10. The van der Waals surface area contributed by atoms with E-state index in [1.807, 2.05) is 26.0 Å². The average Bonchev–Trinajstić information content (AvgIpc) is 2.40. The molecule has 0 radical (unpaired) electrons. The Labute approximate surface area is 125 Å². The van der Waals surface area contributed by atoms with Crippen molar-refractivity contribution in [2.75, 3.05) is 20.3 Å². The van der Waals surface area contributed by atoms with Gasteiger partial charge in [-0.1, -0.05) is 11.6 Å². The molecule has 0 spiro atoms. The van der Waals surface area contributed by atoms with E-state index in [9.17, 15) is 4.79 Å². The number of rotatable bonds is 7. The molecule has 4 nitrogen and oxygen atoms in total. The van der Waals surface area contributed by atoms with Gasteiger partial charge in [0.05, 0.1) is 0 Å². The first-order valence-corrected chi connectivity index (χ1v) is 7.03. The molecule has 1 aromatic rings. The van der Waals surface area contributed by atoms with Crippen molar-refractivity contribution in [3.8, 4) is 5.75 Å². The van der Waals surface area contributed by atoms with Crippen LogP contribution in [0.2, 0.25) is 5.02 Å². The van der Waals surface area contributed by atoms with Crippen LogP contribution in [0.3, 0.4) is 0 Å². The quantitative estimate of drug-likeness (QED) is 0.788. The van der Waals surface area contributed by atoms with E-state index in [4.69, 9.17) is 21.1 Å². The number of benzene rings is 1. The van der Waals surface area contributed by atoms with Crippen LogP contribution < -0.4 is 10.1 Å². The number of aryl methyl sites for hydroxylation is 2. The lowest BCUT2D eigenvalue weighted by Crippen LogP contribution is -2.37. The number of hydrogen-bond donors (Lipinski definition) is 1. The monoisotopic (exact) mass is 299 g/mol. The van der Waals surface area contributed by atoms with Crippen molar-refractivity contribution in [3.63, 3.8) is 0 Å². The molecule has 0 saturated carbocycles. The first-order valence-electron chi connectivity index (χ1n) is 6.65. The Morgan fingerprint density at radius 3 is 2.50 bits per heavy atom. The van der Waals surface area contributed by atoms with E-state index in [0.717, 1.165) is 22.6 Å². The summed E-state index contributed by atoms with van der Waals surface area (Å²) in [5.74, 6) is 0.523. The number of amides is 1. The minimum Gasteiger partial charge on any atom is -0.481 e. The summed E-state index contributed by atoms with van der Waals surface area (Å²) in [4.78, 5) is 11.8. The molecule has 1 N–H and O–H groups in total. The van der Waals surface area contributed by atoms with Crippen LogP contribution in [-0.4, -0.2) is 32.3 Å². The first-order chi connectivity index (χ1) is 9.45. The highest BCUT2D eigenvalue weighted by Gasteiger charge is 2.15. The summed E-state index contributed by atoms with van der Waals surface area (Å²) < 4.78 is 10.6. The van der Waals surface area contributed by atoms with Gasteiger partial charge in [-0.2, -0.15) is 0 Å². The molecule has 1 atom stereocenters. The second-order valence-electron chi connectivity index (χ2n) is 4.77. The molecule has 0 saturated heterocycles. The third-order valence-corrected chi connectivity index (χ3v) is 3.51. The van der Waals surface area contributed by atoms with Gasteiger partial charge in [-0.25, -0.2) is 0 Å². The molecule has 0 aliphatic carbocycles. The van der Waals surface area contributed by atoms with Crippen LogP contribution in [0.1, 0.15) is 24.5 Å². The van der Waals surface area contributed by atoms with E-state index >= 15 is 0 Å². The topological polar surface area (TPSA) is 47.6 Å². The molecule has 1 rings (SSSR count). The largest absolute Gasteiger partial charge is 0.481 e. The number of carbonyl (C=O) groups is 1. The normalized spacial score (nSPS) is 12.1. The van der Waals surface area contributed by atoms with Crippen molar-refractivity contribution in [2.45, 2.75) is 33.3 Å². The van der Waals surface area contributed by atoms with Gasteiger partial charge in [0.25, 0.3) is 5.91 Å². The average molecular weight is 300 g/mol. The zero-order valence-corrected chi connectivity index (χ0v) is 13.2. The van der Waals surface area contributed by atoms with E-state index in [2.05, 4.69) is 5.32 Å². The lowest BCUT2D eigenvalue weighted by atomic mass is 10.1. The molecule has 1 aromatic carbocycles. The Kier molecular flexibility index (Phi) is 6.82. The highest BCUT2D eigenvalue weighted by molar-refractivity contribution is 6.32. The predicted molar refractivity (Wildman–Crippen MR) is 80.5 cm³/mol. The molecule has 0 unspecified atom stereocenters. The number of methoxy groups -OCH3 is 1. The fourth-order valence-electron chi connectivity index (χ4n) is 1.80. The van der Waals surface area contributed by atoms with Gasteiger partial charge in [0.1, 0.15) is 5.75 Å². The molecular weight excluding hydrogens is 278 g/mol. The van der Waals surface area contributed by atoms with Crippen molar-refractivity contribution < 1.29 is 14.3 Å². The lowest BCUT2D eigenvalue weighted by Gasteiger charge is -2.16. The third-order valence-electron chi connectivity index (χ3n) is 2.92. The zero-order valence-electron chi connectivity index (χ0n) is 12.5. The van der Waals surface area contributed by atoms with Crippen molar-refractivity contribution in [1.82, 2.24) is 5.32 Å². The van der Waals surface area contributed by atoms with Crippen LogP contribution >= 0.6 is 11.6 Å². The molecule has 112 valence electrons. The Balaban J connectivity index is 2.53. The molecule has 20 heavy (non-hydrogen) atoms. The molecule has 0 heterocycles. The molecule has 0 aromatic heterocycles. The smallest absolute Gasteiger partial charge is 0.260 e. The van der Waals surface area contributed by atoms with E-state index in [1.54, 1.807) is 14.0 Å². The summed E-state index contributed by atoms with van der Waals surface area (Å²) in [6, 6.07) is 3.67. The van der Waals surface area contributed by atoms with Crippen LogP contribution in [0.25, 0.3) is 0 Å². The van der Waals surface area contributed by atoms with Crippen LogP contribution in [0.15, 0.2) is 12.1 Å². The van der Waals surface area contributed by atoms with Crippen LogP contribution in [0.5, 0.6) is 5.75 Å². The van der Waals surface area contributed by atoms with Gasteiger partial charge in [0, 0.05) is 25.3 Å². The van der Waals surface area contributed by atoms with E-state index < -0.39 is 6.10 Å². The van der Waals surface area contributed by atoms with Crippen molar-refractivity contribution in [1.29, 1.82) is 0 Å². The fraction of sp³-hybridized carbons (Fsp3) is 0.533. The Morgan fingerprint density at radius 1 is 1.35 bits per heavy atom. The fourth-order valence-corrected chi connectivity index (χ4v) is 1.91. The number of ether oxygens (including phenoxy) is 2. The van der Waals surface area contributed by atoms with Crippen LogP contribution in [0.4, 0.5) is 0 Å². The molecule has 0 aliphatic rings. The molecule has 0 aliphatic heterocycles. The summed E-state index contributed by atoms with van der Waals surface area (Å²) in [5, 5.41) is 3.54. The van der Waals surface area contributed by atoms with Crippen LogP contribution in [-0.2, 0) is 9.53 Å². The van der Waals surface area contributed by atoms with Gasteiger partial charge >= 0.3 is 0 Å². The number of halogens is 1. The standard InChI is InChI=1S/C15H22ClNO3/c1-10-8-13(9-11(2)14(10)16)20-12(3)15(18)17-6-5-7-19-4/h8-9,12H,5-7H2,1-4H3,(H,17,18)/t12-/m1/s1. The van der Waals surface area contributed by atoms with Gasteiger partial charge < -0.3 is 14.8 Å². The van der Waals surface area contributed by atoms with E-state index in [1.165, 1.54) is 0 Å². The van der Waals surface area contributed by atoms with Gasteiger partial charge in [0.2, 0.25) is 0 Å². The highest BCUT2D eigenvalue weighted by atomic mass is 35.5. The van der Waals surface area contributed by atoms with Crippen molar-refractivity contribution >= 4 is 17.5 Å². The van der Waals surface area contributed by atoms with Gasteiger partial charge in [0.15, 0.2) is 6.10 Å². The number of carbonyl (C=O) groups excluding carboxylic acids is 1. The molecular formula is C15H22ClNO3. The number of nitrogens with one attached hydrogen (secondary N) is 1. The maximum absolute atomic E-state index is 11.8. The number of hydrogen-bond acceptors (Lipinski definition) is 3. The van der Waals surface area contributed by atoms with Crippen LogP contribution in [0, 0.1) is 13.8 Å². The second kappa shape index (κ2) is 8.12. The third kappa shape index (κ3) is 5.02. The maximum Gasteiger partial charge on any atom is 0.260 e. The van der Waals surface area contributed by atoms with Gasteiger partial charge in [-0.15, -0.1) is 0 Å². The maximum atomic E-state index is 11.8. The zero-order chi connectivity index (χ0) is 15.1. The van der Waals surface area contributed by atoms with E-state index in [0.29, 0.717) is 18.9 Å². The molecule has 0 bridgehead atoms. The van der Waals surface area contributed by atoms with Crippen molar-refractivity contribution in [3.05, 3.63) is 28.3 Å². The Hall–Kier alpha value is -1.26. The Bertz CT molecular complexity index is 439. The van der Waals surface area contributed by atoms with E-state index in [-0.39, 0.29) is 5.91 Å². The Morgan fingerprint density at radius 2 is 1.95 bits per heavy atom. The summed E-state index contributed by atoms with van der Waals surface area (Å²) in [6.45, 7) is 6.77. The summed E-state index contributed by atoms with van der Waals surface area (Å²) in [6.07, 6.45) is 0.242. The summed E-state index contributed by atoms with van der Waals surface area (Å²) in [5.41, 5.74) is 1.88. The summed E-state index contributed by atoms with van der Waals surface area (Å²) in [7, 11) is 1.64. The predicted octanol–water partition coefficient (Wildman–Crippen LogP) is 2.88. The molecule has 5 heteroatoms. The van der Waals surface area contributed by atoms with Gasteiger partial charge in [-0.05, 0) is 50.5 Å².